The second-order valence-corrected chi connectivity index (χ2v) is 7.13. The van der Waals surface area contributed by atoms with Crippen LogP contribution in [0.15, 0.2) is 53.0 Å². The maximum Gasteiger partial charge on any atom is 0.258 e. The lowest BCUT2D eigenvalue weighted by Crippen LogP contribution is -2.13. The Morgan fingerprint density at radius 2 is 1.84 bits per heavy atom. The second-order valence-electron chi connectivity index (χ2n) is 5.46. The average Bonchev–Trinajstić information content (AvgIpc) is 2.90. The molecule has 0 fully saturated rings. The van der Waals surface area contributed by atoms with E-state index in [9.17, 15) is 4.79 Å². The van der Waals surface area contributed by atoms with Crippen LogP contribution in [0.1, 0.15) is 21.6 Å². The number of amides is 1. The lowest BCUT2D eigenvalue weighted by Gasteiger charge is -2.08. The highest BCUT2D eigenvalue weighted by Gasteiger charge is 2.14. The molecule has 0 saturated carbocycles. The molecular formula is C18H14BrCl2N3O. The van der Waals surface area contributed by atoms with Gasteiger partial charge in [-0.05, 0) is 47.1 Å². The molecule has 7 heteroatoms. The van der Waals surface area contributed by atoms with E-state index in [1.54, 1.807) is 35.0 Å². The number of anilines is 1. The molecule has 0 aliphatic heterocycles. The minimum absolute atomic E-state index is 0.229. The van der Waals surface area contributed by atoms with Crippen LogP contribution in [-0.2, 0) is 6.54 Å². The largest absolute Gasteiger partial charge is 0.305 e. The highest BCUT2D eigenvalue weighted by atomic mass is 79.9. The Bertz CT molecular complexity index is 920. The number of halogens is 3. The Morgan fingerprint density at radius 3 is 2.52 bits per heavy atom. The first-order chi connectivity index (χ1) is 12.0. The SMILES string of the molecule is Cc1cc(NC(=O)c2ccccc2Br)nn1Cc1c(Cl)cccc1Cl. The minimum Gasteiger partial charge on any atom is -0.305 e. The third-order valence-electron chi connectivity index (χ3n) is 3.71. The van der Waals surface area contributed by atoms with Gasteiger partial charge in [0.25, 0.3) is 5.91 Å². The van der Waals surface area contributed by atoms with Gasteiger partial charge in [0.2, 0.25) is 0 Å². The van der Waals surface area contributed by atoms with Gasteiger partial charge in [-0.2, -0.15) is 5.10 Å². The number of hydrogen-bond donors (Lipinski definition) is 1. The van der Waals surface area contributed by atoms with Crippen LogP contribution >= 0.6 is 39.1 Å². The molecule has 0 bridgehead atoms. The lowest BCUT2D eigenvalue weighted by atomic mass is 10.2. The monoisotopic (exact) mass is 437 g/mol. The van der Waals surface area contributed by atoms with Crippen molar-refractivity contribution in [1.29, 1.82) is 0 Å². The van der Waals surface area contributed by atoms with Gasteiger partial charge in [0, 0.05) is 31.8 Å². The highest BCUT2D eigenvalue weighted by molar-refractivity contribution is 9.10. The number of carbonyl (C=O) groups is 1. The van der Waals surface area contributed by atoms with E-state index in [2.05, 4.69) is 26.3 Å². The van der Waals surface area contributed by atoms with Gasteiger partial charge in [0.1, 0.15) is 0 Å². The number of aryl methyl sites for hydroxylation is 1. The summed E-state index contributed by atoms with van der Waals surface area (Å²) in [7, 11) is 0. The lowest BCUT2D eigenvalue weighted by molar-refractivity contribution is 0.102. The van der Waals surface area contributed by atoms with Gasteiger partial charge in [-0.25, -0.2) is 0 Å². The van der Waals surface area contributed by atoms with E-state index in [0.717, 1.165) is 15.7 Å². The molecule has 0 atom stereocenters. The Labute approximate surface area is 163 Å². The Balaban J connectivity index is 1.81. The summed E-state index contributed by atoms with van der Waals surface area (Å²) in [5, 5.41) is 8.41. The number of hydrogen-bond acceptors (Lipinski definition) is 2. The molecule has 25 heavy (non-hydrogen) atoms. The Kier molecular flexibility index (Phi) is 5.47. The quantitative estimate of drug-likeness (QED) is 0.579. The van der Waals surface area contributed by atoms with Gasteiger partial charge in [0.05, 0.1) is 12.1 Å². The second kappa shape index (κ2) is 7.60. The van der Waals surface area contributed by atoms with Gasteiger partial charge in [0.15, 0.2) is 5.82 Å². The molecule has 4 nitrogen and oxygen atoms in total. The molecule has 0 aliphatic rings. The van der Waals surface area contributed by atoms with Gasteiger partial charge in [-0.1, -0.05) is 41.4 Å². The van der Waals surface area contributed by atoms with Crippen LogP contribution in [0.4, 0.5) is 5.82 Å². The van der Waals surface area contributed by atoms with Crippen molar-refractivity contribution in [3.05, 3.63) is 79.9 Å². The smallest absolute Gasteiger partial charge is 0.258 e. The van der Waals surface area contributed by atoms with Gasteiger partial charge >= 0.3 is 0 Å². The molecule has 0 aliphatic carbocycles. The topological polar surface area (TPSA) is 46.9 Å². The van der Waals surface area contributed by atoms with Gasteiger partial charge < -0.3 is 5.32 Å². The molecule has 1 N–H and O–H groups in total. The number of carbonyl (C=O) groups excluding carboxylic acids is 1. The first kappa shape index (κ1) is 18.0. The summed E-state index contributed by atoms with van der Waals surface area (Å²) in [6.45, 7) is 2.33. The third kappa shape index (κ3) is 4.06. The predicted molar refractivity (Wildman–Crippen MR) is 105 cm³/mol. The molecule has 0 spiro atoms. The fourth-order valence-corrected chi connectivity index (χ4v) is 3.38. The predicted octanol–water partition coefficient (Wildman–Crippen LogP) is 5.56. The zero-order valence-corrected chi connectivity index (χ0v) is 16.4. The molecule has 3 rings (SSSR count). The fourth-order valence-electron chi connectivity index (χ4n) is 2.39. The molecular weight excluding hydrogens is 425 g/mol. The average molecular weight is 439 g/mol. The molecule has 1 amide bonds. The zero-order chi connectivity index (χ0) is 18.0. The van der Waals surface area contributed by atoms with E-state index >= 15 is 0 Å². The summed E-state index contributed by atoms with van der Waals surface area (Å²) in [4.78, 5) is 12.4. The number of nitrogens with one attached hydrogen (secondary N) is 1. The van der Waals surface area contributed by atoms with Crippen molar-refractivity contribution in [2.45, 2.75) is 13.5 Å². The van der Waals surface area contributed by atoms with Crippen LogP contribution in [0, 0.1) is 6.92 Å². The highest BCUT2D eigenvalue weighted by Crippen LogP contribution is 2.26. The van der Waals surface area contributed by atoms with Crippen LogP contribution < -0.4 is 5.32 Å². The number of aromatic nitrogens is 2. The summed E-state index contributed by atoms with van der Waals surface area (Å²) < 4.78 is 2.48. The number of nitrogens with zero attached hydrogens (tertiary/aromatic N) is 2. The maximum atomic E-state index is 12.4. The van der Waals surface area contributed by atoms with Crippen LogP contribution in [0.2, 0.25) is 10.0 Å². The third-order valence-corrected chi connectivity index (χ3v) is 5.11. The Morgan fingerprint density at radius 1 is 1.16 bits per heavy atom. The van der Waals surface area contributed by atoms with Crippen LogP contribution in [0.3, 0.4) is 0 Å². The summed E-state index contributed by atoms with van der Waals surface area (Å²) in [6, 6.07) is 14.4. The van der Waals surface area contributed by atoms with Crippen molar-refractivity contribution < 1.29 is 4.79 Å². The molecule has 0 unspecified atom stereocenters. The van der Waals surface area contributed by atoms with Gasteiger partial charge in [-0.15, -0.1) is 0 Å². The van der Waals surface area contributed by atoms with Crippen LogP contribution in [0.25, 0.3) is 0 Å². The fraction of sp³-hybridized carbons (Fsp3) is 0.111. The van der Waals surface area contributed by atoms with Crippen molar-refractivity contribution >= 4 is 50.9 Å². The normalized spacial score (nSPS) is 10.7. The molecule has 0 saturated heterocycles. The summed E-state index contributed by atoms with van der Waals surface area (Å²) >= 11 is 15.8. The number of benzene rings is 2. The van der Waals surface area contributed by atoms with Crippen molar-refractivity contribution in [3.63, 3.8) is 0 Å². The zero-order valence-electron chi connectivity index (χ0n) is 13.3. The molecule has 3 aromatic rings. The molecule has 128 valence electrons. The maximum absolute atomic E-state index is 12.4. The Hall–Kier alpha value is -1.82. The summed E-state index contributed by atoms with van der Waals surface area (Å²) in [5.41, 5.74) is 2.22. The number of rotatable bonds is 4. The summed E-state index contributed by atoms with van der Waals surface area (Å²) in [6.07, 6.45) is 0. The van der Waals surface area contributed by atoms with E-state index in [4.69, 9.17) is 23.2 Å². The molecule has 0 radical (unpaired) electrons. The van der Waals surface area contributed by atoms with Crippen LogP contribution in [0.5, 0.6) is 0 Å². The standard InChI is InChI=1S/C18H14BrCl2N3O/c1-11-9-17(22-18(25)12-5-2-3-6-14(12)19)23-24(11)10-13-15(20)7-4-8-16(13)21/h2-9H,10H2,1H3,(H,22,23,25). The van der Waals surface area contributed by atoms with Crippen LogP contribution in [-0.4, -0.2) is 15.7 Å². The molecule has 1 heterocycles. The van der Waals surface area contributed by atoms with Crippen molar-refractivity contribution in [3.8, 4) is 0 Å². The van der Waals surface area contributed by atoms with E-state index in [0.29, 0.717) is 28.0 Å². The van der Waals surface area contributed by atoms with Crippen molar-refractivity contribution in [2.75, 3.05) is 5.32 Å². The summed E-state index contributed by atoms with van der Waals surface area (Å²) in [5.74, 6) is 0.245. The van der Waals surface area contributed by atoms with E-state index in [1.807, 2.05) is 25.1 Å². The minimum atomic E-state index is -0.229. The van der Waals surface area contributed by atoms with E-state index in [1.165, 1.54) is 0 Å². The van der Waals surface area contributed by atoms with E-state index < -0.39 is 0 Å². The van der Waals surface area contributed by atoms with Crippen molar-refractivity contribution in [1.82, 2.24) is 9.78 Å². The van der Waals surface area contributed by atoms with Crippen molar-refractivity contribution in [2.24, 2.45) is 0 Å². The molecule has 1 aromatic heterocycles. The van der Waals surface area contributed by atoms with E-state index in [-0.39, 0.29) is 5.91 Å². The molecule has 2 aromatic carbocycles. The first-order valence-electron chi connectivity index (χ1n) is 7.49. The first-order valence-corrected chi connectivity index (χ1v) is 9.04. The van der Waals surface area contributed by atoms with Gasteiger partial charge in [-0.3, -0.25) is 9.48 Å².